The van der Waals surface area contributed by atoms with Crippen LogP contribution in [0.3, 0.4) is 0 Å². The SMILES string of the molecule is C[C@@]1(CCc2ccccc2)NC(=O)N(NC(=O)CNC(=O)c2ccc3c(c2)OCO3)C1=O. The minimum absolute atomic E-state index is 0.0823. The summed E-state index contributed by atoms with van der Waals surface area (Å²) in [6.07, 6.45) is 0.950. The number of nitrogens with zero attached hydrogens (tertiary/aromatic N) is 1. The van der Waals surface area contributed by atoms with Gasteiger partial charge in [-0.2, -0.15) is 5.01 Å². The molecule has 0 radical (unpaired) electrons. The normalized spacial score (nSPS) is 19.0. The summed E-state index contributed by atoms with van der Waals surface area (Å²) in [6, 6.07) is 13.5. The van der Waals surface area contributed by atoms with Crippen LogP contribution in [0.1, 0.15) is 29.3 Å². The number of carbonyl (C=O) groups excluding carboxylic acids is 4. The Kier molecular flexibility index (Phi) is 5.67. The van der Waals surface area contributed by atoms with Crippen molar-refractivity contribution in [3.63, 3.8) is 0 Å². The van der Waals surface area contributed by atoms with Crippen LogP contribution in [-0.4, -0.2) is 47.6 Å². The van der Waals surface area contributed by atoms with Gasteiger partial charge in [-0.05, 0) is 43.5 Å². The molecule has 2 aromatic rings. The van der Waals surface area contributed by atoms with Crippen LogP contribution < -0.4 is 25.5 Å². The maximum Gasteiger partial charge on any atom is 0.344 e. The fraction of sp³-hybridized carbons (Fsp3) is 0.273. The van der Waals surface area contributed by atoms with Crippen molar-refractivity contribution in [2.24, 2.45) is 0 Å². The lowest BCUT2D eigenvalue weighted by molar-refractivity contribution is -0.138. The second-order valence-electron chi connectivity index (χ2n) is 7.67. The van der Waals surface area contributed by atoms with E-state index in [4.69, 9.17) is 9.47 Å². The van der Waals surface area contributed by atoms with Crippen LogP contribution in [0.2, 0.25) is 0 Å². The average molecular weight is 438 g/mol. The highest BCUT2D eigenvalue weighted by atomic mass is 16.7. The Morgan fingerprint density at radius 3 is 2.62 bits per heavy atom. The van der Waals surface area contributed by atoms with Crippen LogP contribution in [0.5, 0.6) is 11.5 Å². The number of aryl methyl sites for hydroxylation is 1. The van der Waals surface area contributed by atoms with Crippen LogP contribution in [-0.2, 0) is 16.0 Å². The van der Waals surface area contributed by atoms with Gasteiger partial charge >= 0.3 is 6.03 Å². The van der Waals surface area contributed by atoms with Crippen LogP contribution in [0, 0.1) is 0 Å². The number of urea groups is 1. The lowest BCUT2D eigenvalue weighted by atomic mass is 9.93. The van der Waals surface area contributed by atoms with Crippen molar-refractivity contribution in [3.05, 3.63) is 59.7 Å². The summed E-state index contributed by atoms with van der Waals surface area (Å²) >= 11 is 0. The van der Waals surface area contributed by atoms with Gasteiger partial charge in [0.1, 0.15) is 5.54 Å². The van der Waals surface area contributed by atoms with Crippen LogP contribution >= 0.6 is 0 Å². The van der Waals surface area contributed by atoms with E-state index in [1.165, 1.54) is 12.1 Å². The fourth-order valence-electron chi connectivity index (χ4n) is 3.46. The molecule has 0 bridgehead atoms. The Morgan fingerprint density at radius 1 is 1.09 bits per heavy atom. The highest BCUT2D eigenvalue weighted by Crippen LogP contribution is 2.32. The summed E-state index contributed by atoms with van der Waals surface area (Å²) in [5, 5.41) is 5.73. The second kappa shape index (κ2) is 8.58. The minimum atomic E-state index is -1.14. The van der Waals surface area contributed by atoms with E-state index in [-0.39, 0.29) is 12.4 Å². The summed E-state index contributed by atoms with van der Waals surface area (Å²) < 4.78 is 10.4. The molecule has 0 aliphatic carbocycles. The lowest BCUT2D eigenvalue weighted by Gasteiger charge is -2.21. The highest BCUT2D eigenvalue weighted by molar-refractivity contribution is 6.08. The molecule has 32 heavy (non-hydrogen) atoms. The first kappa shape index (κ1) is 21.2. The van der Waals surface area contributed by atoms with Crippen molar-refractivity contribution in [1.29, 1.82) is 0 Å². The number of hydrogen-bond donors (Lipinski definition) is 3. The zero-order chi connectivity index (χ0) is 22.7. The van der Waals surface area contributed by atoms with Gasteiger partial charge in [0.2, 0.25) is 6.79 Å². The number of rotatable bonds is 7. The fourth-order valence-corrected chi connectivity index (χ4v) is 3.46. The number of benzene rings is 2. The van der Waals surface area contributed by atoms with E-state index in [0.717, 1.165) is 5.56 Å². The number of hydrogen-bond acceptors (Lipinski definition) is 6. The number of imide groups is 1. The largest absolute Gasteiger partial charge is 0.454 e. The Bertz CT molecular complexity index is 1070. The predicted octanol–water partition coefficient (Wildman–Crippen LogP) is 1.12. The lowest BCUT2D eigenvalue weighted by Crippen LogP contribution is -2.51. The van der Waals surface area contributed by atoms with Crippen molar-refractivity contribution < 1.29 is 28.7 Å². The number of ether oxygens (including phenoxy) is 2. The molecule has 10 heteroatoms. The van der Waals surface area contributed by atoms with Gasteiger partial charge in [-0.15, -0.1) is 0 Å². The molecule has 2 aliphatic rings. The van der Waals surface area contributed by atoms with Gasteiger partial charge in [0, 0.05) is 5.56 Å². The van der Waals surface area contributed by atoms with Gasteiger partial charge in [-0.25, -0.2) is 4.79 Å². The third-order valence-corrected chi connectivity index (χ3v) is 5.30. The first-order chi connectivity index (χ1) is 15.4. The van der Waals surface area contributed by atoms with Crippen molar-refractivity contribution in [1.82, 2.24) is 21.1 Å². The molecule has 5 amide bonds. The Labute approximate surface area is 183 Å². The molecule has 4 rings (SSSR count). The van der Waals surface area contributed by atoms with E-state index in [0.29, 0.717) is 29.3 Å². The van der Waals surface area contributed by atoms with E-state index in [1.807, 2.05) is 30.3 Å². The van der Waals surface area contributed by atoms with Gasteiger partial charge in [-0.3, -0.25) is 19.8 Å². The molecule has 0 aromatic heterocycles. The van der Waals surface area contributed by atoms with E-state index in [9.17, 15) is 19.2 Å². The average Bonchev–Trinajstić information content (AvgIpc) is 3.35. The number of nitrogens with one attached hydrogen (secondary N) is 3. The molecule has 1 saturated heterocycles. The second-order valence-corrected chi connectivity index (χ2v) is 7.67. The standard InChI is InChI=1S/C22H22N4O6/c1-22(10-9-14-5-3-2-4-6-14)20(29)26(21(30)24-22)25-18(27)12-23-19(28)15-7-8-16-17(11-15)32-13-31-16/h2-8,11H,9-10,12-13H2,1H3,(H,23,28)(H,24,30)(H,25,27)/t22-/m0/s1. The van der Waals surface area contributed by atoms with E-state index in [2.05, 4.69) is 16.1 Å². The molecule has 2 aliphatic heterocycles. The summed E-state index contributed by atoms with van der Waals surface area (Å²) in [6.45, 7) is 1.27. The number of hydrazine groups is 1. The van der Waals surface area contributed by atoms with Gasteiger partial charge in [0.25, 0.3) is 17.7 Å². The first-order valence-electron chi connectivity index (χ1n) is 10.0. The predicted molar refractivity (Wildman–Crippen MR) is 112 cm³/mol. The van der Waals surface area contributed by atoms with Gasteiger partial charge in [-0.1, -0.05) is 30.3 Å². The van der Waals surface area contributed by atoms with Crippen LogP contribution in [0.15, 0.2) is 48.5 Å². The summed E-state index contributed by atoms with van der Waals surface area (Å²) in [7, 11) is 0. The molecular weight excluding hydrogens is 416 g/mol. The molecule has 1 fully saturated rings. The van der Waals surface area contributed by atoms with Crippen molar-refractivity contribution in [2.75, 3.05) is 13.3 Å². The zero-order valence-electron chi connectivity index (χ0n) is 17.3. The van der Waals surface area contributed by atoms with E-state index in [1.54, 1.807) is 13.0 Å². The zero-order valence-corrected chi connectivity index (χ0v) is 17.3. The van der Waals surface area contributed by atoms with Crippen LogP contribution in [0.4, 0.5) is 4.79 Å². The molecule has 0 spiro atoms. The quantitative estimate of drug-likeness (QED) is 0.556. The van der Waals surface area contributed by atoms with Gasteiger partial charge in [0.05, 0.1) is 6.54 Å². The number of amides is 5. The minimum Gasteiger partial charge on any atom is -0.454 e. The van der Waals surface area contributed by atoms with Crippen molar-refractivity contribution >= 4 is 23.8 Å². The molecular formula is C22H22N4O6. The molecule has 10 nitrogen and oxygen atoms in total. The highest BCUT2D eigenvalue weighted by Gasteiger charge is 2.48. The van der Waals surface area contributed by atoms with Crippen molar-refractivity contribution in [3.8, 4) is 11.5 Å². The third kappa shape index (κ3) is 4.34. The Hall–Kier alpha value is -4.08. The summed E-state index contributed by atoms with van der Waals surface area (Å²) in [5.41, 5.74) is 2.43. The maximum atomic E-state index is 12.8. The summed E-state index contributed by atoms with van der Waals surface area (Å²) in [5.74, 6) is -0.809. The van der Waals surface area contributed by atoms with Crippen molar-refractivity contribution in [2.45, 2.75) is 25.3 Å². The van der Waals surface area contributed by atoms with E-state index < -0.39 is 35.8 Å². The Balaban J connectivity index is 1.30. The molecule has 0 unspecified atom stereocenters. The van der Waals surface area contributed by atoms with E-state index >= 15 is 0 Å². The topological polar surface area (TPSA) is 126 Å². The van der Waals surface area contributed by atoms with Gasteiger partial charge < -0.3 is 20.1 Å². The maximum absolute atomic E-state index is 12.8. The monoisotopic (exact) mass is 438 g/mol. The molecule has 166 valence electrons. The smallest absolute Gasteiger partial charge is 0.344 e. The molecule has 0 saturated carbocycles. The first-order valence-corrected chi connectivity index (χ1v) is 10.0. The van der Waals surface area contributed by atoms with Crippen LogP contribution in [0.25, 0.3) is 0 Å². The molecule has 2 heterocycles. The van der Waals surface area contributed by atoms with Gasteiger partial charge in [0.15, 0.2) is 11.5 Å². The molecule has 2 aromatic carbocycles. The third-order valence-electron chi connectivity index (χ3n) is 5.30. The molecule has 1 atom stereocenters. The number of carbonyl (C=O) groups is 4. The summed E-state index contributed by atoms with van der Waals surface area (Å²) in [4.78, 5) is 49.6. The molecule has 3 N–H and O–H groups in total. The Morgan fingerprint density at radius 2 is 1.84 bits per heavy atom. The number of fused-ring (bicyclic) bond motifs is 1.